The van der Waals surface area contributed by atoms with Crippen molar-refractivity contribution in [2.24, 2.45) is 4.99 Å². The number of likely N-dealkylation sites (N-methyl/N-ethyl adjacent to an activating group) is 1. The summed E-state index contributed by atoms with van der Waals surface area (Å²) in [6.45, 7) is 6.74. The van der Waals surface area contributed by atoms with Crippen molar-refractivity contribution in [1.82, 2.24) is 10.2 Å². The van der Waals surface area contributed by atoms with Crippen LogP contribution < -0.4 is 5.32 Å². The number of nitrogens with one attached hydrogen (secondary N) is 1. The van der Waals surface area contributed by atoms with E-state index < -0.39 is 0 Å². The second-order valence-electron chi connectivity index (χ2n) is 5.13. The van der Waals surface area contributed by atoms with Crippen molar-refractivity contribution in [3.8, 4) is 0 Å². The number of thioether (sulfide) groups is 1. The number of hydrogen-bond donors (Lipinski definition) is 1. The molecule has 0 radical (unpaired) electrons. The van der Waals surface area contributed by atoms with Crippen LogP contribution in [0, 0.1) is 0 Å². The first kappa shape index (κ1) is 12.2. The van der Waals surface area contributed by atoms with Gasteiger partial charge in [-0.25, -0.2) is 0 Å². The topological polar surface area (TPSA) is 27.6 Å². The summed E-state index contributed by atoms with van der Waals surface area (Å²) in [6.07, 6.45) is 3.88. The van der Waals surface area contributed by atoms with Crippen LogP contribution in [0.5, 0.6) is 0 Å². The van der Waals surface area contributed by atoms with E-state index >= 15 is 0 Å². The Labute approximate surface area is 103 Å². The summed E-state index contributed by atoms with van der Waals surface area (Å²) < 4.78 is 0. The molecule has 2 saturated heterocycles. The molecule has 2 aliphatic rings. The van der Waals surface area contributed by atoms with Crippen molar-refractivity contribution in [2.75, 3.05) is 20.1 Å². The van der Waals surface area contributed by atoms with Gasteiger partial charge in [0.1, 0.15) is 0 Å². The predicted molar refractivity (Wildman–Crippen MR) is 72.2 cm³/mol. The fourth-order valence-electron chi connectivity index (χ4n) is 2.52. The number of aliphatic imine (C=N–C) groups is 1. The summed E-state index contributed by atoms with van der Waals surface area (Å²) in [5.41, 5.74) is 0. The highest BCUT2D eigenvalue weighted by Crippen LogP contribution is 2.23. The predicted octanol–water partition coefficient (Wildman–Crippen LogP) is 1.94. The molecule has 3 unspecified atom stereocenters. The lowest BCUT2D eigenvalue weighted by Crippen LogP contribution is -2.39. The van der Waals surface area contributed by atoms with Crippen LogP contribution in [0.25, 0.3) is 0 Å². The molecule has 0 amide bonds. The Morgan fingerprint density at radius 1 is 1.50 bits per heavy atom. The lowest BCUT2D eigenvalue weighted by atomic mass is 10.2. The molecule has 1 N–H and O–H groups in total. The van der Waals surface area contributed by atoms with Crippen LogP contribution in [0.4, 0.5) is 0 Å². The first-order valence-corrected chi connectivity index (χ1v) is 7.21. The van der Waals surface area contributed by atoms with E-state index in [9.17, 15) is 0 Å². The smallest absolute Gasteiger partial charge is 0.157 e. The van der Waals surface area contributed by atoms with Gasteiger partial charge in [0, 0.05) is 17.3 Å². The Hall–Kier alpha value is -0.220. The molecule has 2 rings (SSSR count). The molecule has 4 heteroatoms. The van der Waals surface area contributed by atoms with Gasteiger partial charge in [-0.15, -0.1) is 0 Å². The average Bonchev–Trinajstić information content (AvgIpc) is 2.59. The van der Waals surface area contributed by atoms with Gasteiger partial charge in [0.05, 0.1) is 6.54 Å². The third kappa shape index (κ3) is 3.14. The molecule has 3 atom stereocenters. The van der Waals surface area contributed by atoms with Crippen molar-refractivity contribution in [3.05, 3.63) is 0 Å². The molecular formula is C12H23N3S. The van der Waals surface area contributed by atoms with E-state index in [1.807, 2.05) is 11.8 Å². The van der Waals surface area contributed by atoms with Gasteiger partial charge >= 0.3 is 0 Å². The standard InChI is InChI=1S/C12H23N3S/c1-9-7-10(2)16-12(14-9)13-8-11-5-4-6-15(11)3/h9-11H,4-8H2,1-3H3,(H,13,14). The van der Waals surface area contributed by atoms with Gasteiger partial charge in [0.25, 0.3) is 0 Å². The molecule has 0 saturated carbocycles. The molecule has 0 aromatic carbocycles. The maximum Gasteiger partial charge on any atom is 0.157 e. The van der Waals surface area contributed by atoms with Crippen molar-refractivity contribution in [2.45, 2.75) is 50.4 Å². The minimum Gasteiger partial charge on any atom is -0.362 e. The van der Waals surface area contributed by atoms with Gasteiger partial charge < -0.3 is 10.2 Å². The molecule has 0 spiro atoms. The lowest BCUT2D eigenvalue weighted by Gasteiger charge is -2.27. The highest BCUT2D eigenvalue weighted by Gasteiger charge is 2.22. The van der Waals surface area contributed by atoms with Crippen molar-refractivity contribution in [3.63, 3.8) is 0 Å². The molecule has 0 aromatic heterocycles. The van der Waals surface area contributed by atoms with Gasteiger partial charge in [0.15, 0.2) is 5.17 Å². The number of hydrogen-bond acceptors (Lipinski definition) is 3. The van der Waals surface area contributed by atoms with E-state index in [1.165, 1.54) is 25.8 Å². The summed E-state index contributed by atoms with van der Waals surface area (Å²) in [4.78, 5) is 7.18. The maximum atomic E-state index is 4.74. The largest absolute Gasteiger partial charge is 0.362 e. The van der Waals surface area contributed by atoms with E-state index in [4.69, 9.17) is 4.99 Å². The summed E-state index contributed by atoms with van der Waals surface area (Å²) in [7, 11) is 2.21. The summed E-state index contributed by atoms with van der Waals surface area (Å²) in [5, 5.41) is 5.34. The van der Waals surface area contributed by atoms with E-state index in [0.717, 1.165) is 11.7 Å². The summed E-state index contributed by atoms with van der Waals surface area (Å²) in [6, 6.07) is 1.25. The second kappa shape index (κ2) is 5.41. The second-order valence-corrected chi connectivity index (χ2v) is 6.56. The highest BCUT2D eigenvalue weighted by atomic mass is 32.2. The molecular weight excluding hydrogens is 218 g/mol. The summed E-state index contributed by atoms with van der Waals surface area (Å²) >= 11 is 1.90. The fraction of sp³-hybridized carbons (Fsp3) is 0.917. The molecule has 92 valence electrons. The normalized spacial score (nSPS) is 38.9. The zero-order chi connectivity index (χ0) is 11.5. The molecule has 0 aromatic rings. The van der Waals surface area contributed by atoms with Gasteiger partial charge in [0.2, 0.25) is 0 Å². The lowest BCUT2D eigenvalue weighted by molar-refractivity contribution is 0.317. The molecule has 16 heavy (non-hydrogen) atoms. The first-order valence-electron chi connectivity index (χ1n) is 6.33. The van der Waals surface area contributed by atoms with Crippen LogP contribution in [0.2, 0.25) is 0 Å². The highest BCUT2D eigenvalue weighted by molar-refractivity contribution is 8.14. The van der Waals surface area contributed by atoms with Crippen molar-refractivity contribution in [1.29, 1.82) is 0 Å². The summed E-state index contributed by atoms with van der Waals surface area (Å²) in [5.74, 6) is 0. The number of amidine groups is 1. The minimum atomic E-state index is 0.580. The molecule has 2 heterocycles. The Bertz CT molecular complexity index is 255. The van der Waals surface area contributed by atoms with Crippen LogP contribution in [-0.4, -0.2) is 47.5 Å². The van der Waals surface area contributed by atoms with Crippen LogP contribution in [0.1, 0.15) is 33.1 Å². The SMILES string of the molecule is CC1CC(C)SC(=NCC2CCCN2C)N1. The Morgan fingerprint density at radius 2 is 2.31 bits per heavy atom. The quantitative estimate of drug-likeness (QED) is 0.800. The fourth-order valence-corrected chi connectivity index (χ4v) is 3.71. The first-order chi connectivity index (χ1) is 7.65. The zero-order valence-electron chi connectivity index (χ0n) is 10.6. The van der Waals surface area contributed by atoms with Crippen LogP contribution in [0.15, 0.2) is 4.99 Å². The van der Waals surface area contributed by atoms with Crippen molar-refractivity contribution < 1.29 is 0 Å². The van der Waals surface area contributed by atoms with Gasteiger partial charge in [-0.2, -0.15) is 0 Å². The number of rotatable bonds is 2. The third-order valence-electron chi connectivity index (χ3n) is 3.49. The monoisotopic (exact) mass is 241 g/mol. The van der Waals surface area contributed by atoms with Crippen molar-refractivity contribution >= 4 is 16.9 Å². The Balaban J connectivity index is 1.86. The van der Waals surface area contributed by atoms with E-state index in [1.54, 1.807) is 0 Å². The van der Waals surface area contributed by atoms with Crippen LogP contribution in [-0.2, 0) is 0 Å². The number of likely N-dealkylation sites (tertiary alicyclic amines) is 1. The van der Waals surface area contributed by atoms with Gasteiger partial charge in [-0.05, 0) is 39.8 Å². The average molecular weight is 241 g/mol. The van der Waals surface area contributed by atoms with Crippen LogP contribution in [0.3, 0.4) is 0 Å². The third-order valence-corrected chi connectivity index (χ3v) is 4.55. The Kier molecular flexibility index (Phi) is 4.14. The Morgan fingerprint density at radius 3 is 2.94 bits per heavy atom. The van der Waals surface area contributed by atoms with Gasteiger partial charge in [-0.1, -0.05) is 18.7 Å². The molecule has 2 fully saturated rings. The molecule has 3 nitrogen and oxygen atoms in total. The van der Waals surface area contributed by atoms with Gasteiger partial charge in [-0.3, -0.25) is 4.99 Å². The van der Waals surface area contributed by atoms with E-state index in [2.05, 4.69) is 31.1 Å². The zero-order valence-corrected chi connectivity index (χ0v) is 11.4. The van der Waals surface area contributed by atoms with E-state index in [0.29, 0.717) is 17.3 Å². The van der Waals surface area contributed by atoms with E-state index in [-0.39, 0.29) is 0 Å². The molecule has 0 bridgehead atoms. The van der Waals surface area contributed by atoms with Crippen LogP contribution >= 0.6 is 11.8 Å². The minimum absolute atomic E-state index is 0.580. The number of nitrogens with zero attached hydrogens (tertiary/aromatic N) is 2. The molecule has 2 aliphatic heterocycles. The maximum absolute atomic E-state index is 4.74. The molecule has 0 aliphatic carbocycles.